The average molecular weight is 290 g/mol. The van der Waals surface area contributed by atoms with Crippen LogP contribution in [-0.4, -0.2) is 26.1 Å². The van der Waals surface area contributed by atoms with E-state index in [1.54, 1.807) is 7.11 Å². The van der Waals surface area contributed by atoms with Crippen LogP contribution < -0.4 is 15.4 Å². The average Bonchev–Trinajstić information content (AvgIpc) is 2.86. The molecule has 0 saturated carbocycles. The summed E-state index contributed by atoms with van der Waals surface area (Å²) in [6.45, 7) is 3.21. The lowest BCUT2D eigenvalue weighted by Gasteiger charge is -2.08. The third kappa shape index (κ3) is 3.74. The fourth-order valence-corrected chi connectivity index (χ4v) is 2.72. The topological polar surface area (TPSA) is 50.4 Å². The van der Waals surface area contributed by atoms with Gasteiger partial charge in [-0.1, -0.05) is 18.2 Å². The molecule has 0 atom stereocenters. The van der Waals surface area contributed by atoms with Crippen molar-refractivity contribution in [1.29, 1.82) is 0 Å². The number of thiophene rings is 1. The molecule has 0 saturated heterocycles. The lowest BCUT2D eigenvalue weighted by molar-refractivity contribution is 0.0956. The Morgan fingerprint density at radius 3 is 2.70 bits per heavy atom. The van der Waals surface area contributed by atoms with Crippen LogP contribution in [0.1, 0.15) is 14.5 Å². The molecule has 0 aliphatic carbocycles. The standard InChI is InChI=1S/C15H18N2O2S/c1-11-10-13(19-2)14(20-11)15(18)17-9-8-16-12-6-4-3-5-7-12/h3-7,10,16H,8-9H2,1-2H3,(H,17,18). The summed E-state index contributed by atoms with van der Waals surface area (Å²) < 4.78 is 5.20. The van der Waals surface area contributed by atoms with Crippen molar-refractivity contribution < 1.29 is 9.53 Å². The Morgan fingerprint density at radius 1 is 1.25 bits per heavy atom. The van der Waals surface area contributed by atoms with Crippen LogP contribution in [0, 0.1) is 6.92 Å². The number of ether oxygens (including phenoxy) is 1. The van der Waals surface area contributed by atoms with Gasteiger partial charge in [0.2, 0.25) is 0 Å². The molecule has 0 aliphatic rings. The van der Waals surface area contributed by atoms with Crippen molar-refractivity contribution in [2.24, 2.45) is 0 Å². The Hall–Kier alpha value is -2.01. The maximum Gasteiger partial charge on any atom is 0.265 e. The van der Waals surface area contributed by atoms with E-state index in [1.165, 1.54) is 11.3 Å². The third-order valence-corrected chi connectivity index (χ3v) is 3.79. The molecule has 20 heavy (non-hydrogen) atoms. The number of methoxy groups -OCH3 is 1. The number of amides is 1. The van der Waals surface area contributed by atoms with Crippen molar-refractivity contribution in [3.63, 3.8) is 0 Å². The Labute approximate surface area is 122 Å². The lowest BCUT2D eigenvalue weighted by atomic mass is 10.3. The molecule has 0 aliphatic heterocycles. The van der Waals surface area contributed by atoms with Gasteiger partial charge in [-0.15, -0.1) is 11.3 Å². The molecule has 5 heteroatoms. The molecule has 106 valence electrons. The largest absolute Gasteiger partial charge is 0.495 e. The molecular weight excluding hydrogens is 272 g/mol. The summed E-state index contributed by atoms with van der Waals surface area (Å²) in [4.78, 5) is 13.7. The van der Waals surface area contributed by atoms with Crippen molar-refractivity contribution in [2.75, 3.05) is 25.5 Å². The summed E-state index contributed by atoms with van der Waals surface area (Å²) in [5.74, 6) is 0.552. The number of hydrogen-bond donors (Lipinski definition) is 2. The van der Waals surface area contributed by atoms with Gasteiger partial charge in [-0.25, -0.2) is 0 Å². The molecule has 2 aromatic rings. The minimum atomic E-state index is -0.0881. The molecule has 1 amide bonds. The molecule has 0 unspecified atom stereocenters. The SMILES string of the molecule is COc1cc(C)sc1C(=O)NCCNc1ccccc1. The minimum Gasteiger partial charge on any atom is -0.495 e. The van der Waals surface area contributed by atoms with E-state index in [2.05, 4.69) is 10.6 Å². The summed E-state index contributed by atoms with van der Waals surface area (Å²) in [5, 5.41) is 6.13. The highest BCUT2D eigenvalue weighted by atomic mass is 32.1. The maximum absolute atomic E-state index is 12.0. The molecule has 1 aromatic carbocycles. The van der Waals surface area contributed by atoms with Crippen molar-refractivity contribution in [1.82, 2.24) is 5.32 Å². The third-order valence-electron chi connectivity index (χ3n) is 2.76. The number of carbonyl (C=O) groups excluding carboxylic acids is 1. The number of carbonyl (C=O) groups is 1. The number of aryl methyl sites for hydroxylation is 1. The van der Waals surface area contributed by atoms with E-state index in [0.717, 1.165) is 10.6 Å². The van der Waals surface area contributed by atoms with Gasteiger partial charge in [0, 0.05) is 23.7 Å². The number of rotatable bonds is 6. The van der Waals surface area contributed by atoms with Crippen LogP contribution in [0.4, 0.5) is 5.69 Å². The molecule has 2 rings (SSSR count). The van der Waals surface area contributed by atoms with Crippen LogP contribution in [0.5, 0.6) is 5.75 Å². The number of hydrogen-bond acceptors (Lipinski definition) is 4. The predicted octanol–water partition coefficient (Wildman–Crippen LogP) is 2.91. The van der Waals surface area contributed by atoms with Crippen molar-refractivity contribution in [3.8, 4) is 5.75 Å². The van der Waals surface area contributed by atoms with Gasteiger partial charge < -0.3 is 15.4 Å². The van der Waals surface area contributed by atoms with Crippen molar-refractivity contribution in [3.05, 3.63) is 46.2 Å². The number of anilines is 1. The fourth-order valence-electron chi connectivity index (χ4n) is 1.82. The first-order chi connectivity index (χ1) is 9.70. The summed E-state index contributed by atoms with van der Waals surface area (Å²) in [5.41, 5.74) is 1.05. The highest BCUT2D eigenvalue weighted by molar-refractivity contribution is 7.14. The second-order valence-corrected chi connectivity index (χ2v) is 5.56. The van der Waals surface area contributed by atoms with Gasteiger partial charge >= 0.3 is 0 Å². The van der Waals surface area contributed by atoms with E-state index < -0.39 is 0 Å². The van der Waals surface area contributed by atoms with Crippen LogP contribution in [-0.2, 0) is 0 Å². The smallest absolute Gasteiger partial charge is 0.265 e. The van der Waals surface area contributed by atoms with Gasteiger partial charge in [-0.3, -0.25) is 4.79 Å². The van der Waals surface area contributed by atoms with Gasteiger partial charge in [0.05, 0.1) is 7.11 Å². The first kappa shape index (κ1) is 14.4. The fraction of sp³-hybridized carbons (Fsp3) is 0.267. The maximum atomic E-state index is 12.0. The monoisotopic (exact) mass is 290 g/mol. The summed E-state index contributed by atoms with van der Waals surface area (Å²) in [7, 11) is 1.58. The van der Waals surface area contributed by atoms with E-state index in [4.69, 9.17) is 4.74 Å². The quantitative estimate of drug-likeness (QED) is 0.804. The highest BCUT2D eigenvalue weighted by Crippen LogP contribution is 2.28. The summed E-state index contributed by atoms with van der Waals surface area (Å²) in [6.07, 6.45) is 0. The van der Waals surface area contributed by atoms with E-state index in [1.807, 2.05) is 43.3 Å². The van der Waals surface area contributed by atoms with Crippen LogP contribution in [0.3, 0.4) is 0 Å². The van der Waals surface area contributed by atoms with Crippen LogP contribution in [0.25, 0.3) is 0 Å². The molecule has 1 aromatic heterocycles. The first-order valence-corrected chi connectivity index (χ1v) is 7.24. The molecule has 0 spiro atoms. The molecule has 2 N–H and O–H groups in total. The molecule has 1 heterocycles. The van der Waals surface area contributed by atoms with Gasteiger partial charge in [0.1, 0.15) is 10.6 Å². The zero-order valence-corrected chi connectivity index (χ0v) is 12.4. The molecular formula is C15H18N2O2S. The molecule has 0 bridgehead atoms. The van der Waals surface area contributed by atoms with Gasteiger partial charge in [0.25, 0.3) is 5.91 Å². The number of para-hydroxylation sites is 1. The second-order valence-electron chi connectivity index (χ2n) is 4.30. The van der Waals surface area contributed by atoms with Gasteiger partial charge in [-0.2, -0.15) is 0 Å². The van der Waals surface area contributed by atoms with E-state index in [0.29, 0.717) is 23.7 Å². The number of benzene rings is 1. The Bertz CT molecular complexity index is 567. The normalized spacial score (nSPS) is 10.1. The lowest BCUT2D eigenvalue weighted by Crippen LogP contribution is -2.28. The van der Waals surface area contributed by atoms with Gasteiger partial charge in [-0.05, 0) is 25.1 Å². The second kappa shape index (κ2) is 6.96. The number of nitrogens with one attached hydrogen (secondary N) is 2. The van der Waals surface area contributed by atoms with Crippen LogP contribution in [0.2, 0.25) is 0 Å². The van der Waals surface area contributed by atoms with Crippen molar-refractivity contribution >= 4 is 22.9 Å². The summed E-state index contributed by atoms with van der Waals surface area (Å²) in [6, 6.07) is 11.8. The zero-order valence-electron chi connectivity index (χ0n) is 11.6. The molecule has 0 radical (unpaired) electrons. The summed E-state index contributed by atoms with van der Waals surface area (Å²) >= 11 is 1.44. The Balaban J connectivity index is 1.80. The van der Waals surface area contributed by atoms with Crippen LogP contribution in [0.15, 0.2) is 36.4 Å². The van der Waals surface area contributed by atoms with E-state index >= 15 is 0 Å². The van der Waals surface area contributed by atoms with E-state index in [9.17, 15) is 4.79 Å². The molecule has 4 nitrogen and oxygen atoms in total. The van der Waals surface area contributed by atoms with Gasteiger partial charge in [0.15, 0.2) is 0 Å². The minimum absolute atomic E-state index is 0.0881. The first-order valence-electron chi connectivity index (χ1n) is 6.42. The Kier molecular flexibility index (Phi) is 5.01. The Morgan fingerprint density at radius 2 is 2.00 bits per heavy atom. The predicted molar refractivity (Wildman–Crippen MR) is 82.9 cm³/mol. The zero-order chi connectivity index (χ0) is 14.4. The van der Waals surface area contributed by atoms with Crippen molar-refractivity contribution in [2.45, 2.75) is 6.92 Å². The molecule has 0 fully saturated rings. The highest BCUT2D eigenvalue weighted by Gasteiger charge is 2.14. The van der Waals surface area contributed by atoms with E-state index in [-0.39, 0.29) is 5.91 Å². The van der Waals surface area contributed by atoms with Crippen LogP contribution >= 0.6 is 11.3 Å².